The Kier molecular flexibility index (Phi) is 11.7. The van der Waals surface area contributed by atoms with E-state index in [1.807, 2.05) is 6.92 Å². The van der Waals surface area contributed by atoms with Gasteiger partial charge in [-0.15, -0.1) is 0 Å². The first kappa shape index (κ1) is 16.9. The van der Waals surface area contributed by atoms with Gasteiger partial charge in [0.05, 0.1) is 0 Å². The van der Waals surface area contributed by atoms with Crippen LogP contribution < -0.4 is 11.1 Å². The molecule has 3 N–H and O–H groups in total. The van der Waals surface area contributed by atoms with E-state index in [-0.39, 0.29) is 11.8 Å². The van der Waals surface area contributed by atoms with Crippen molar-refractivity contribution < 1.29 is 9.59 Å². The molecular weight excluding hydrogens is 228 g/mol. The summed E-state index contributed by atoms with van der Waals surface area (Å²) >= 11 is 0. The minimum absolute atomic E-state index is 0.143. The molecule has 0 fully saturated rings. The highest BCUT2D eigenvalue weighted by Crippen LogP contribution is 2.09. The van der Waals surface area contributed by atoms with Crippen LogP contribution in [0, 0.1) is 0 Å². The summed E-state index contributed by atoms with van der Waals surface area (Å²) in [7, 11) is 0. The van der Waals surface area contributed by atoms with Crippen LogP contribution in [-0.2, 0) is 9.59 Å². The third kappa shape index (κ3) is 13.0. The van der Waals surface area contributed by atoms with Gasteiger partial charge in [0, 0.05) is 19.4 Å². The molecule has 18 heavy (non-hydrogen) atoms. The summed E-state index contributed by atoms with van der Waals surface area (Å²) in [6, 6.07) is 0. The fourth-order valence-corrected chi connectivity index (χ4v) is 1.84. The van der Waals surface area contributed by atoms with Crippen LogP contribution in [-0.4, -0.2) is 18.4 Å². The minimum atomic E-state index is -0.191. The molecule has 0 unspecified atom stereocenters. The van der Waals surface area contributed by atoms with Crippen LogP contribution >= 0.6 is 0 Å². The van der Waals surface area contributed by atoms with Gasteiger partial charge in [0.1, 0.15) is 0 Å². The number of carbonyl (C=O) groups is 2. The van der Waals surface area contributed by atoms with Crippen molar-refractivity contribution in [2.75, 3.05) is 6.54 Å². The summed E-state index contributed by atoms with van der Waals surface area (Å²) < 4.78 is 0. The highest BCUT2D eigenvalue weighted by Gasteiger charge is 1.96. The van der Waals surface area contributed by atoms with Crippen molar-refractivity contribution in [2.45, 2.75) is 71.1 Å². The van der Waals surface area contributed by atoms with Gasteiger partial charge in [-0.05, 0) is 12.8 Å². The maximum Gasteiger partial charge on any atom is 0.219 e. The molecule has 106 valence electrons. The number of hydrogen-bond donors (Lipinski definition) is 2. The molecule has 0 heterocycles. The second kappa shape index (κ2) is 12.4. The van der Waals surface area contributed by atoms with E-state index < -0.39 is 0 Å². The van der Waals surface area contributed by atoms with Crippen molar-refractivity contribution in [1.82, 2.24) is 5.32 Å². The predicted molar refractivity (Wildman–Crippen MR) is 74.0 cm³/mol. The zero-order chi connectivity index (χ0) is 13.6. The quantitative estimate of drug-likeness (QED) is 0.527. The summed E-state index contributed by atoms with van der Waals surface area (Å²) in [5, 5.41) is 2.88. The second-order valence-corrected chi connectivity index (χ2v) is 4.75. The van der Waals surface area contributed by atoms with E-state index >= 15 is 0 Å². The number of hydrogen-bond acceptors (Lipinski definition) is 2. The zero-order valence-corrected chi connectivity index (χ0v) is 11.7. The molecule has 2 amide bonds. The largest absolute Gasteiger partial charge is 0.370 e. The summed E-state index contributed by atoms with van der Waals surface area (Å²) in [4.78, 5) is 21.4. The minimum Gasteiger partial charge on any atom is -0.370 e. The molecule has 0 aromatic heterocycles. The lowest BCUT2D eigenvalue weighted by molar-refractivity contribution is -0.121. The van der Waals surface area contributed by atoms with Crippen molar-refractivity contribution in [3.05, 3.63) is 0 Å². The molecule has 0 rings (SSSR count). The molecule has 0 bridgehead atoms. The van der Waals surface area contributed by atoms with Gasteiger partial charge in [-0.25, -0.2) is 0 Å². The van der Waals surface area contributed by atoms with E-state index in [0.29, 0.717) is 12.8 Å². The molecule has 0 spiro atoms. The van der Waals surface area contributed by atoms with Crippen LogP contribution in [0.25, 0.3) is 0 Å². The maximum atomic E-state index is 11.0. The molecular formula is C14H28N2O2. The van der Waals surface area contributed by atoms with E-state index in [1.165, 1.54) is 32.1 Å². The van der Waals surface area contributed by atoms with E-state index in [4.69, 9.17) is 5.73 Å². The van der Waals surface area contributed by atoms with E-state index in [9.17, 15) is 9.59 Å². The van der Waals surface area contributed by atoms with Gasteiger partial charge < -0.3 is 11.1 Å². The van der Waals surface area contributed by atoms with Gasteiger partial charge in [0.25, 0.3) is 0 Å². The van der Waals surface area contributed by atoms with Crippen molar-refractivity contribution in [1.29, 1.82) is 0 Å². The monoisotopic (exact) mass is 256 g/mol. The number of rotatable bonds is 12. The van der Waals surface area contributed by atoms with Gasteiger partial charge in [-0.3, -0.25) is 9.59 Å². The first-order valence-corrected chi connectivity index (χ1v) is 7.21. The Bertz CT molecular complexity index is 230. The topological polar surface area (TPSA) is 72.2 Å². The molecule has 0 saturated carbocycles. The molecule has 0 aromatic carbocycles. The van der Waals surface area contributed by atoms with Crippen molar-refractivity contribution in [3.63, 3.8) is 0 Å². The van der Waals surface area contributed by atoms with Gasteiger partial charge >= 0.3 is 0 Å². The lowest BCUT2D eigenvalue weighted by Crippen LogP contribution is -2.23. The standard InChI is InChI=1S/C14H28N2O2/c1-2-14(18)16-12-10-8-6-4-3-5-7-9-11-13(15)17/h2-12H2,1H3,(H2,15,17)(H,16,18). The van der Waals surface area contributed by atoms with Crippen LogP contribution in [0.4, 0.5) is 0 Å². The summed E-state index contributed by atoms with van der Waals surface area (Å²) in [5.41, 5.74) is 5.06. The number of nitrogens with two attached hydrogens (primary N) is 1. The van der Waals surface area contributed by atoms with Crippen LogP contribution in [0.15, 0.2) is 0 Å². The third-order valence-electron chi connectivity index (χ3n) is 2.99. The van der Waals surface area contributed by atoms with Gasteiger partial charge in [-0.2, -0.15) is 0 Å². The average molecular weight is 256 g/mol. The third-order valence-corrected chi connectivity index (χ3v) is 2.99. The first-order chi connectivity index (χ1) is 8.66. The second-order valence-electron chi connectivity index (χ2n) is 4.75. The Morgan fingerprint density at radius 2 is 1.39 bits per heavy atom. The molecule has 0 radical (unpaired) electrons. The summed E-state index contributed by atoms with van der Waals surface area (Å²) in [6.07, 6.45) is 10.3. The van der Waals surface area contributed by atoms with E-state index in [0.717, 1.165) is 25.8 Å². The fraction of sp³-hybridized carbons (Fsp3) is 0.857. The maximum absolute atomic E-state index is 11.0. The average Bonchev–Trinajstić information content (AvgIpc) is 2.35. The summed E-state index contributed by atoms with van der Waals surface area (Å²) in [6.45, 7) is 2.68. The molecule has 0 saturated heterocycles. The van der Waals surface area contributed by atoms with Crippen LogP contribution in [0.5, 0.6) is 0 Å². The molecule has 0 atom stereocenters. The molecule has 0 aliphatic rings. The Labute approximate surface area is 111 Å². The van der Waals surface area contributed by atoms with Gasteiger partial charge in [0.15, 0.2) is 0 Å². The van der Waals surface area contributed by atoms with E-state index in [1.54, 1.807) is 0 Å². The Morgan fingerprint density at radius 3 is 1.89 bits per heavy atom. The predicted octanol–water partition coefficient (Wildman–Crippen LogP) is 2.51. The number of carbonyl (C=O) groups excluding carboxylic acids is 2. The SMILES string of the molecule is CCC(=O)NCCCCCCCCCCC(N)=O. The molecule has 4 heteroatoms. The number of nitrogens with one attached hydrogen (secondary N) is 1. The number of unbranched alkanes of at least 4 members (excludes halogenated alkanes) is 7. The normalized spacial score (nSPS) is 10.3. The molecule has 0 aromatic rings. The lowest BCUT2D eigenvalue weighted by atomic mass is 10.1. The Hall–Kier alpha value is -1.06. The van der Waals surface area contributed by atoms with Crippen LogP contribution in [0.3, 0.4) is 0 Å². The Balaban J connectivity index is 3.03. The number of primary amides is 1. The van der Waals surface area contributed by atoms with E-state index in [2.05, 4.69) is 5.32 Å². The first-order valence-electron chi connectivity index (χ1n) is 7.21. The van der Waals surface area contributed by atoms with Crippen molar-refractivity contribution in [2.24, 2.45) is 5.73 Å². The highest BCUT2D eigenvalue weighted by molar-refractivity contribution is 5.75. The molecule has 0 aliphatic heterocycles. The van der Waals surface area contributed by atoms with Crippen molar-refractivity contribution in [3.8, 4) is 0 Å². The smallest absolute Gasteiger partial charge is 0.219 e. The lowest BCUT2D eigenvalue weighted by Gasteiger charge is -2.03. The number of amides is 2. The van der Waals surface area contributed by atoms with Crippen molar-refractivity contribution >= 4 is 11.8 Å². The summed E-state index contributed by atoms with van der Waals surface area (Å²) in [5.74, 6) is -0.0476. The zero-order valence-electron chi connectivity index (χ0n) is 11.7. The highest BCUT2D eigenvalue weighted by atomic mass is 16.1. The van der Waals surface area contributed by atoms with Crippen LogP contribution in [0.2, 0.25) is 0 Å². The Morgan fingerprint density at radius 1 is 0.889 bits per heavy atom. The molecule has 0 aliphatic carbocycles. The fourth-order valence-electron chi connectivity index (χ4n) is 1.84. The van der Waals surface area contributed by atoms with Gasteiger partial charge in [-0.1, -0.05) is 45.4 Å². The van der Waals surface area contributed by atoms with Gasteiger partial charge in [0.2, 0.25) is 11.8 Å². The van der Waals surface area contributed by atoms with Crippen LogP contribution in [0.1, 0.15) is 71.1 Å². The molecule has 4 nitrogen and oxygen atoms in total.